The standard InChI is InChI=1S/C12H28N2O/c1-5-10-14(6-2)11-9-13-8-7-12(3,4)15/h13,15H,5-11H2,1-4H3. The van der Waals surface area contributed by atoms with Crippen LogP contribution in [0.25, 0.3) is 0 Å². The molecule has 0 radical (unpaired) electrons. The quantitative estimate of drug-likeness (QED) is 0.573. The summed E-state index contributed by atoms with van der Waals surface area (Å²) in [6.07, 6.45) is 2.03. The Morgan fingerprint density at radius 2 is 1.80 bits per heavy atom. The summed E-state index contributed by atoms with van der Waals surface area (Å²) in [4.78, 5) is 2.44. The fraction of sp³-hybridized carbons (Fsp3) is 1.00. The summed E-state index contributed by atoms with van der Waals surface area (Å²) in [5, 5.41) is 12.9. The summed E-state index contributed by atoms with van der Waals surface area (Å²) < 4.78 is 0. The number of rotatable bonds is 9. The molecule has 15 heavy (non-hydrogen) atoms. The fourth-order valence-corrected chi connectivity index (χ4v) is 1.50. The average Bonchev–Trinajstić information content (AvgIpc) is 2.14. The molecule has 0 aromatic heterocycles. The highest BCUT2D eigenvalue weighted by atomic mass is 16.3. The van der Waals surface area contributed by atoms with E-state index in [1.165, 1.54) is 13.0 Å². The topological polar surface area (TPSA) is 35.5 Å². The van der Waals surface area contributed by atoms with Gasteiger partial charge >= 0.3 is 0 Å². The first-order valence-corrected chi connectivity index (χ1v) is 6.15. The van der Waals surface area contributed by atoms with E-state index >= 15 is 0 Å². The Bertz CT molecular complexity index is 143. The summed E-state index contributed by atoms with van der Waals surface area (Å²) in [6, 6.07) is 0. The van der Waals surface area contributed by atoms with Crippen LogP contribution in [0.2, 0.25) is 0 Å². The molecule has 0 aromatic carbocycles. The largest absolute Gasteiger partial charge is 0.390 e. The number of aliphatic hydroxyl groups is 1. The van der Waals surface area contributed by atoms with Gasteiger partial charge in [-0.3, -0.25) is 0 Å². The zero-order valence-corrected chi connectivity index (χ0v) is 10.8. The van der Waals surface area contributed by atoms with Crippen molar-refractivity contribution in [3.8, 4) is 0 Å². The van der Waals surface area contributed by atoms with E-state index in [1.807, 2.05) is 13.8 Å². The van der Waals surface area contributed by atoms with Crippen LogP contribution in [-0.2, 0) is 0 Å². The Hall–Kier alpha value is -0.120. The lowest BCUT2D eigenvalue weighted by molar-refractivity contribution is 0.0710. The van der Waals surface area contributed by atoms with Crippen molar-refractivity contribution >= 4 is 0 Å². The molecule has 3 nitrogen and oxygen atoms in total. The molecule has 0 aliphatic rings. The lowest BCUT2D eigenvalue weighted by atomic mass is 10.1. The zero-order chi connectivity index (χ0) is 11.7. The van der Waals surface area contributed by atoms with Crippen molar-refractivity contribution in [2.75, 3.05) is 32.7 Å². The summed E-state index contributed by atoms with van der Waals surface area (Å²) >= 11 is 0. The van der Waals surface area contributed by atoms with E-state index < -0.39 is 5.60 Å². The highest BCUT2D eigenvalue weighted by Gasteiger charge is 2.10. The van der Waals surface area contributed by atoms with Crippen molar-refractivity contribution in [3.63, 3.8) is 0 Å². The Morgan fingerprint density at radius 1 is 1.13 bits per heavy atom. The highest BCUT2D eigenvalue weighted by molar-refractivity contribution is 4.66. The van der Waals surface area contributed by atoms with Gasteiger partial charge in [0.2, 0.25) is 0 Å². The van der Waals surface area contributed by atoms with Gasteiger partial charge in [0.05, 0.1) is 5.60 Å². The molecular formula is C12H28N2O. The predicted molar refractivity (Wildman–Crippen MR) is 66.2 cm³/mol. The normalized spacial score (nSPS) is 12.4. The molecule has 0 aliphatic carbocycles. The van der Waals surface area contributed by atoms with Gasteiger partial charge in [0, 0.05) is 13.1 Å². The van der Waals surface area contributed by atoms with Gasteiger partial charge in [-0.15, -0.1) is 0 Å². The summed E-state index contributed by atoms with van der Waals surface area (Å²) in [5.74, 6) is 0. The summed E-state index contributed by atoms with van der Waals surface area (Å²) in [6.45, 7) is 13.4. The Morgan fingerprint density at radius 3 is 2.27 bits per heavy atom. The molecule has 0 saturated heterocycles. The number of nitrogens with zero attached hydrogens (tertiary/aromatic N) is 1. The van der Waals surface area contributed by atoms with Crippen LogP contribution in [0, 0.1) is 0 Å². The van der Waals surface area contributed by atoms with E-state index in [0.29, 0.717) is 0 Å². The van der Waals surface area contributed by atoms with Crippen LogP contribution in [0.1, 0.15) is 40.5 Å². The minimum absolute atomic E-state index is 0.541. The second kappa shape index (κ2) is 8.08. The van der Waals surface area contributed by atoms with Crippen LogP contribution in [-0.4, -0.2) is 48.3 Å². The second-order valence-electron chi connectivity index (χ2n) is 4.75. The molecule has 0 aromatic rings. The number of likely N-dealkylation sites (N-methyl/N-ethyl adjacent to an activating group) is 1. The minimum atomic E-state index is -0.541. The van der Waals surface area contributed by atoms with Gasteiger partial charge in [0.25, 0.3) is 0 Å². The van der Waals surface area contributed by atoms with Gasteiger partial charge in [-0.25, -0.2) is 0 Å². The van der Waals surface area contributed by atoms with E-state index in [9.17, 15) is 5.11 Å². The van der Waals surface area contributed by atoms with Crippen molar-refractivity contribution in [3.05, 3.63) is 0 Å². The molecule has 0 fully saturated rings. The van der Waals surface area contributed by atoms with E-state index in [-0.39, 0.29) is 0 Å². The van der Waals surface area contributed by atoms with E-state index in [4.69, 9.17) is 0 Å². The molecule has 0 bridgehead atoms. The van der Waals surface area contributed by atoms with Gasteiger partial charge < -0.3 is 15.3 Å². The molecule has 0 atom stereocenters. The molecule has 0 rings (SSSR count). The zero-order valence-electron chi connectivity index (χ0n) is 10.8. The molecule has 0 aliphatic heterocycles. The van der Waals surface area contributed by atoms with Crippen molar-refractivity contribution in [2.24, 2.45) is 0 Å². The highest BCUT2D eigenvalue weighted by Crippen LogP contribution is 2.04. The third-order valence-electron chi connectivity index (χ3n) is 2.51. The summed E-state index contributed by atoms with van der Waals surface area (Å²) in [5.41, 5.74) is -0.541. The Balaban J connectivity index is 3.36. The monoisotopic (exact) mass is 216 g/mol. The molecular weight excluding hydrogens is 188 g/mol. The first-order valence-electron chi connectivity index (χ1n) is 6.15. The van der Waals surface area contributed by atoms with E-state index in [0.717, 1.165) is 32.6 Å². The third kappa shape index (κ3) is 10.2. The SMILES string of the molecule is CCCN(CC)CCNCCC(C)(C)O. The number of hydrogen-bond acceptors (Lipinski definition) is 3. The summed E-state index contributed by atoms with van der Waals surface area (Å²) in [7, 11) is 0. The molecule has 0 unspecified atom stereocenters. The lowest BCUT2D eigenvalue weighted by Crippen LogP contribution is -2.34. The smallest absolute Gasteiger partial charge is 0.0603 e. The molecule has 0 spiro atoms. The van der Waals surface area contributed by atoms with Gasteiger partial charge in [-0.1, -0.05) is 13.8 Å². The maximum Gasteiger partial charge on any atom is 0.0603 e. The van der Waals surface area contributed by atoms with Crippen molar-refractivity contribution in [1.29, 1.82) is 0 Å². The first kappa shape index (κ1) is 14.9. The minimum Gasteiger partial charge on any atom is -0.390 e. The molecule has 3 heteroatoms. The maximum absolute atomic E-state index is 9.51. The molecule has 92 valence electrons. The van der Waals surface area contributed by atoms with Gasteiger partial charge in [0.1, 0.15) is 0 Å². The van der Waals surface area contributed by atoms with Crippen molar-refractivity contribution in [1.82, 2.24) is 10.2 Å². The molecule has 2 N–H and O–H groups in total. The first-order chi connectivity index (χ1) is 6.99. The number of nitrogens with one attached hydrogen (secondary N) is 1. The van der Waals surface area contributed by atoms with Crippen molar-refractivity contribution < 1.29 is 5.11 Å². The number of hydrogen-bond donors (Lipinski definition) is 2. The molecule has 0 amide bonds. The average molecular weight is 216 g/mol. The Kier molecular flexibility index (Phi) is 8.02. The molecule has 0 heterocycles. The lowest BCUT2D eigenvalue weighted by Gasteiger charge is -2.21. The van der Waals surface area contributed by atoms with Crippen LogP contribution in [0.15, 0.2) is 0 Å². The van der Waals surface area contributed by atoms with Gasteiger partial charge in [-0.05, 0) is 46.3 Å². The fourth-order valence-electron chi connectivity index (χ4n) is 1.50. The third-order valence-corrected chi connectivity index (χ3v) is 2.51. The van der Waals surface area contributed by atoms with Crippen LogP contribution in [0.5, 0.6) is 0 Å². The van der Waals surface area contributed by atoms with Crippen molar-refractivity contribution in [2.45, 2.75) is 46.1 Å². The second-order valence-corrected chi connectivity index (χ2v) is 4.75. The molecule has 0 saturated carbocycles. The van der Waals surface area contributed by atoms with E-state index in [2.05, 4.69) is 24.1 Å². The van der Waals surface area contributed by atoms with Gasteiger partial charge in [0.15, 0.2) is 0 Å². The van der Waals surface area contributed by atoms with Crippen LogP contribution in [0.4, 0.5) is 0 Å². The van der Waals surface area contributed by atoms with Crippen LogP contribution < -0.4 is 5.32 Å². The van der Waals surface area contributed by atoms with Gasteiger partial charge in [-0.2, -0.15) is 0 Å². The maximum atomic E-state index is 9.51. The Labute approximate surface area is 94.9 Å². The van der Waals surface area contributed by atoms with E-state index in [1.54, 1.807) is 0 Å². The van der Waals surface area contributed by atoms with Crippen LogP contribution in [0.3, 0.4) is 0 Å². The predicted octanol–water partition coefficient (Wildman–Crippen LogP) is 1.47. The van der Waals surface area contributed by atoms with Crippen LogP contribution >= 0.6 is 0 Å².